The molecule has 2 heterocycles. The predicted octanol–water partition coefficient (Wildman–Crippen LogP) is 4.45. The van der Waals surface area contributed by atoms with Gasteiger partial charge >= 0.3 is 0 Å². The van der Waals surface area contributed by atoms with E-state index in [-0.39, 0.29) is 11.4 Å². The molecule has 1 atom stereocenters. The number of para-hydroxylation sites is 1. The van der Waals surface area contributed by atoms with Gasteiger partial charge < -0.3 is 5.32 Å². The predicted molar refractivity (Wildman–Crippen MR) is 124 cm³/mol. The average Bonchev–Trinajstić information content (AvgIpc) is 3.30. The van der Waals surface area contributed by atoms with E-state index in [1.54, 1.807) is 37.4 Å². The fourth-order valence-corrected chi connectivity index (χ4v) is 4.25. The maximum Gasteiger partial charge on any atom is 0.272 e. The number of carbonyl (C=O) groups excluding carboxylic acids is 2. The number of halogens is 2. The number of nitrogens with one attached hydrogen (secondary N) is 1. The second-order valence-corrected chi connectivity index (χ2v) is 8.53. The van der Waals surface area contributed by atoms with E-state index in [2.05, 4.69) is 15.4 Å². The number of aromatic nitrogens is 3. The van der Waals surface area contributed by atoms with E-state index in [4.69, 9.17) is 11.6 Å². The van der Waals surface area contributed by atoms with Crippen LogP contribution in [0.2, 0.25) is 5.02 Å². The van der Waals surface area contributed by atoms with Crippen molar-refractivity contribution in [2.75, 3.05) is 0 Å². The Hall–Kier alpha value is -3.69. The quantitative estimate of drug-likeness (QED) is 0.410. The van der Waals surface area contributed by atoms with Crippen molar-refractivity contribution in [3.8, 4) is 16.1 Å². The molecular weight excluding hydrogens is 467 g/mol. The molecule has 0 saturated carbocycles. The lowest BCUT2D eigenvalue weighted by atomic mass is 10.1. The van der Waals surface area contributed by atoms with Crippen LogP contribution in [0.25, 0.3) is 16.1 Å². The van der Waals surface area contributed by atoms with Crippen molar-refractivity contribution < 1.29 is 14.0 Å². The Bertz CT molecular complexity index is 1420. The van der Waals surface area contributed by atoms with E-state index >= 15 is 0 Å². The van der Waals surface area contributed by atoms with Gasteiger partial charge in [-0.3, -0.25) is 14.4 Å². The average molecular weight is 483 g/mol. The monoisotopic (exact) mass is 482 g/mol. The van der Waals surface area contributed by atoms with Crippen molar-refractivity contribution in [2.45, 2.75) is 13.0 Å². The fourth-order valence-electron chi connectivity index (χ4n) is 3.12. The molecule has 0 fully saturated rings. The molecule has 0 bridgehead atoms. The van der Waals surface area contributed by atoms with Gasteiger partial charge in [-0.2, -0.15) is 9.78 Å². The van der Waals surface area contributed by atoms with Gasteiger partial charge in [-0.1, -0.05) is 23.7 Å². The third kappa shape index (κ3) is 4.74. The second kappa shape index (κ2) is 9.43. The first kappa shape index (κ1) is 22.5. The van der Waals surface area contributed by atoms with Gasteiger partial charge in [0.05, 0.1) is 10.9 Å². The molecule has 0 spiro atoms. The lowest BCUT2D eigenvalue weighted by Gasteiger charge is -2.12. The zero-order valence-corrected chi connectivity index (χ0v) is 18.7. The highest BCUT2D eigenvalue weighted by Crippen LogP contribution is 2.32. The van der Waals surface area contributed by atoms with Crippen LogP contribution in [0.5, 0.6) is 0 Å². The van der Waals surface area contributed by atoms with E-state index in [0.717, 1.165) is 21.9 Å². The Morgan fingerprint density at radius 1 is 1.21 bits per heavy atom. The molecule has 1 unspecified atom stereocenters. The minimum absolute atomic E-state index is 0.0535. The van der Waals surface area contributed by atoms with Crippen LogP contribution in [0, 0.1) is 5.82 Å². The molecule has 4 aromatic rings. The Morgan fingerprint density at radius 2 is 2.00 bits per heavy atom. The molecular formula is C23H16ClFN4O3S. The number of hydrogen-bond acceptors (Lipinski definition) is 6. The first-order valence-corrected chi connectivity index (χ1v) is 10.9. The lowest BCUT2D eigenvalue weighted by molar-refractivity contribution is 0.0932. The van der Waals surface area contributed by atoms with Gasteiger partial charge in [-0.15, -0.1) is 11.3 Å². The summed E-state index contributed by atoms with van der Waals surface area (Å²) in [6, 6.07) is 12.5. The first-order chi connectivity index (χ1) is 15.9. The van der Waals surface area contributed by atoms with Crippen LogP contribution in [0.1, 0.15) is 38.8 Å². The van der Waals surface area contributed by atoms with E-state index in [9.17, 15) is 18.8 Å². The maximum atomic E-state index is 14.1. The lowest BCUT2D eigenvalue weighted by Crippen LogP contribution is -2.30. The van der Waals surface area contributed by atoms with Crippen LogP contribution in [-0.2, 0) is 0 Å². The van der Waals surface area contributed by atoms with Gasteiger partial charge in [0.1, 0.15) is 22.2 Å². The van der Waals surface area contributed by atoms with E-state index in [1.807, 2.05) is 0 Å². The summed E-state index contributed by atoms with van der Waals surface area (Å²) >= 11 is 7.37. The molecule has 0 aliphatic rings. The number of rotatable bonds is 6. The Morgan fingerprint density at radius 3 is 2.76 bits per heavy atom. The fraction of sp³-hybridized carbons (Fsp3) is 0.0870. The Labute approximate surface area is 196 Å². The standard InChI is InChI=1S/C23H16ClFN4O3S/c1-13(23-26-11-20(33-23)16-10-15(24)7-6-14(16)12-30)27-22(32)18-8-9-21(31)29(28-18)19-5-3-2-4-17(19)25/h2-13H,1H3,(H,27,32). The van der Waals surface area contributed by atoms with Crippen molar-refractivity contribution in [3.63, 3.8) is 0 Å². The molecule has 7 nitrogen and oxygen atoms in total. The van der Waals surface area contributed by atoms with E-state index in [0.29, 0.717) is 21.2 Å². The highest BCUT2D eigenvalue weighted by molar-refractivity contribution is 7.15. The zero-order valence-electron chi connectivity index (χ0n) is 17.2. The van der Waals surface area contributed by atoms with Gasteiger partial charge in [0.25, 0.3) is 11.5 Å². The Balaban J connectivity index is 1.56. The number of benzene rings is 2. The molecule has 1 amide bonds. The van der Waals surface area contributed by atoms with Crippen molar-refractivity contribution in [3.05, 3.63) is 98.3 Å². The third-order valence-electron chi connectivity index (χ3n) is 4.76. The summed E-state index contributed by atoms with van der Waals surface area (Å²) in [5, 5.41) is 7.87. The molecule has 166 valence electrons. The largest absolute Gasteiger partial charge is 0.342 e. The summed E-state index contributed by atoms with van der Waals surface area (Å²) in [5.41, 5.74) is 0.452. The SMILES string of the molecule is CC(NC(=O)c1ccc(=O)n(-c2ccccc2F)n1)c1ncc(-c2cc(Cl)ccc2C=O)s1. The number of hydrogen-bond donors (Lipinski definition) is 1. The van der Waals surface area contributed by atoms with Crippen LogP contribution in [0.4, 0.5) is 4.39 Å². The molecule has 0 aliphatic carbocycles. The summed E-state index contributed by atoms with van der Waals surface area (Å²) in [4.78, 5) is 41.4. The van der Waals surface area contributed by atoms with Crippen LogP contribution in [0.3, 0.4) is 0 Å². The van der Waals surface area contributed by atoms with E-state index < -0.39 is 23.3 Å². The number of carbonyl (C=O) groups is 2. The minimum atomic E-state index is -0.635. The first-order valence-electron chi connectivity index (χ1n) is 9.74. The normalized spacial score (nSPS) is 11.7. The summed E-state index contributed by atoms with van der Waals surface area (Å²) in [6.07, 6.45) is 2.35. The van der Waals surface area contributed by atoms with Gasteiger partial charge in [0.2, 0.25) is 0 Å². The summed E-state index contributed by atoms with van der Waals surface area (Å²) in [6.45, 7) is 1.74. The molecule has 10 heteroatoms. The van der Waals surface area contributed by atoms with Crippen LogP contribution < -0.4 is 10.9 Å². The molecule has 0 aliphatic heterocycles. The van der Waals surface area contributed by atoms with Crippen molar-refractivity contribution >= 4 is 35.1 Å². The number of amides is 1. The van der Waals surface area contributed by atoms with Crippen LogP contribution >= 0.6 is 22.9 Å². The molecule has 0 radical (unpaired) electrons. The summed E-state index contributed by atoms with van der Waals surface area (Å²) in [7, 11) is 0. The summed E-state index contributed by atoms with van der Waals surface area (Å²) in [5.74, 6) is -1.19. The minimum Gasteiger partial charge on any atom is -0.342 e. The summed E-state index contributed by atoms with van der Waals surface area (Å²) < 4.78 is 14.9. The van der Waals surface area contributed by atoms with Crippen LogP contribution in [-0.4, -0.2) is 27.0 Å². The van der Waals surface area contributed by atoms with Gasteiger partial charge in [0.15, 0.2) is 6.29 Å². The van der Waals surface area contributed by atoms with Crippen molar-refractivity contribution in [1.82, 2.24) is 20.1 Å². The topological polar surface area (TPSA) is 93.9 Å². The third-order valence-corrected chi connectivity index (χ3v) is 6.21. The molecule has 2 aromatic heterocycles. The van der Waals surface area contributed by atoms with Gasteiger partial charge in [0, 0.05) is 28.4 Å². The molecule has 0 saturated heterocycles. The zero-order chi connectivity index (χ0) is 23.5. The van der Waals surface area contributed by atoms with Crippen molar-refractivity contribution in [1.29, 1.82) is 0 Å². The highest BCUT2D eigenvalue weighted by atomic mass is 35.5. The smallest absolute Gasteiger partial charge is 0.272 e. The van der Waals surface area contributed by atoms with Crippen molar-refractivity contribution in [2.24, 2.45) is 0 Å². The Kier molecular flexibility index (Phi) is 6.43. The van der Waals surface area contributed by atoms with Gasteiger partial charge in [-0.25, -0.2) is 9.37 Å². The molecule has 4 rings (SSSR count). The number of nitrogens with zero attached hydrogens (tertiary/aromatic N) is 3. The molecule has 2 aromatic carbocycles. The van der Waals surface area contributed by atoms with E-state index in [1.165, 1.54) is 35.6 Å². The molecule has 33 heavy (non-hydrogen) atoms. The molecule has 1 N–H and O–H groups in total. The number of aldehydes is 1. The maximum absolute atomic E-state index is 14.1. The second-order valence-electron chi connectivity index (χ2n) is 7.03. The van der Waals surface area contributed by atoms with Crippen LogP contribution in [0.15, 0.2) is 65.6 Å². The van der Waals surface area contributed by atoms with Gasteiger partial charge in [-0.05, 0) is 43.3 Å². The number of thiazole rings is 1. The highest BCUT2D eigenvalue weighted by Gasteiger charge is 2.19.